The van der Waals surface area contributed by atoms with E-state index in [1.54, 1.807) is 0 Å². The molecule has 0 radical (unpaired) electrons. The molecule has 1 aromatic rings. The van der Waals surface area contributed by atoms with Gasteiger partial charge in [-0.3, -0.25) is 9.78 Å². The van der Waals surface area contributed by atoms with Gasteiger partial charge in [0.15, 0.2) is 5.82 Å². The number of rotatable bonds is 2. The van der Waals surface area contributed by atoms with Gasteiger partial charge in [0.25, 0.3) is 0 Å². The Morgan fingerprint density at radius 3 is 2.80 bits per heavy atom. The van der Waals surface area contributed by atoms with Crippen LogP contribution in [0.2, 0.25) is 0 Å². The fraction of sp³-hybridized carbons (Fsp3) is 0.400. The van der Waals surface area contributed by atoms with E-state index in [2.05, 4.69) is 21.4 Å². The first-order valence-electron chi connectivity index (χ1n) is 4.76. The number of carbonyl (C=O) groups excluding carboxylic acids is 1. The second kappa shape index (κ2) is 3.65. The van der Waals surface area contributed by atoms with Gasteiger partial charge >= 0.3 is 0 Å². The average molecular weight is 202 g/mol. The molecular formula is C10H10N4O. The molecule has 1 aliphatic rings. The Labute approximate surface area is 87.2 Å². The molecule has 0 saturated heterocycles. The molecular weight excluding hydrogens is 192 g/mol. The standard InChI is InChI=1S/C10H10N4O/c11-7-10(2-1-3-10)9(15)14-8-6-12-4-5-13-8/h4-6H,1-3H2,(H,13,14,15). The van der Waals surface area contributed by atoms with Crippen LogP contribution in [0, 0.1) is 16.7 Å². The van der Waals surface area contributed by atoms with Crippen molar-refractivity contribution >= 4 is 11.7 Å². The molecule has 0 aromatic carbocycles. The summed E-state index contributed by atoms with van der Waals surface area (Å²) in [4.78, 5) is 19.5. The lowest BCUT2D eigenvalue weighted by atomic mass is 9.69. The molecule has 2 rings (SSSR count). The van der Waals surface area contributed by atoms with E-state index in [1.807, 2.05) is 0 Å². The van der Waals surface area contributed by atoms with Crippen LogP contribution >= 0.6 is 0 Å². The van der Waals surface area contributed by atoms with Gasteiger partial charge in [0.05, 0.1) is 12.3 Å². The third kappa shape index (κ3) is 1.66. The van der Waals surface area contributed by atoms with Crippen molar-refractivity contribution in [1.29, 1.82) is 5.26 Å². The second-order valence-electron chi connectivity index (χ2n) is 3.59. The van der Waals surface area contributed by atoms with Crippen LogP contribution in [-0.2, 0) is 4.79 Å². The van der Waals surface area contributed by atoms with Crippen LogP contribution in [-0.4, -0.2) is 15.9 Å². The summed E-state index contributed by atoms with van der Waals surface area (Å²) in [5.74, 6) is 0.126. The lowest BCUT2D eigenvalue weighted by Gasteiger charge is -2.32. The molecule has 0 bridgehead atoms. The number of nitrogens with zero attached hydrogens (tertiary/aromatic N) is 3. The molecule has 76 valence electrons. The van der Waals surface area contributed by atoms with E-state index >= 15 is 0 Å². The van der Waals surface area contributed by atoms with Crippen LogP contribution in [0.15, 0.2) is 18.6 Å². The fourth-order valence-corrected chi connectivity index (χ4v) is 1.52. The Bertz CT molecular complexity index is 405. The van der Waals surface area contributed by atoms with Gasteiger partial charge < -0.3 is 5.32 Å². The zero-order valence-corrected chi connectivity index (χ0v) is 8.10. The minimum atomic E-state index is -0.836. The summed E-state index contributed by atoms with van der Waals surface area (Å²) in [6.45, 7) is 0. The van der Waals surface area contributed by atoms with Gasteiger partial charge in [0.1, 0.15) is 5.41 Å². The highest BCUT2D eigenvalue weighted by molar-refractivity contribution is 5.97. The number of aromatic nitrogens is 2. The van der Waals surface area contributed by atoms with Crippen molar-refractivity contribution in [2.45, 2.75) is 19.3 Å². The van der Waals surface area contributed by atoms with Crippen LogP contribution in [0.1, 0.15) is 19.3 Å². The van der Waals surface area contributed by atoms with Gasteiger partial charge in [-0.1, -0.05) is 0 Å². The molecule has 1 saturated carbocycles. The van der Waals surface area contributed by atoms with Crippen LogP contribution in [0.5, 0.6) is 0 Å². The first kappa shape index (κ1) is 9.59. The van der Waals surface area contributed by atoms with E-state index in [0.717, 1.165) is 6.42 Å². The Morgan fingerprint density at radius 1 is 1.53 bits per heavy atom. The molecule has 15 heavy (non-hydrogen) atoms. The number of anilines is 1. The van der Waals surface area contributed by atoms with E-state index < -0.39 is 5.41 Å². The number of hydrogen-bond acceptors (Lipinski definition) is 4. The van der Waals surface area contributed by atoms with E-state index in [0.29, 0.717) is 18.7 Å². The Kier molecular flexibility index (Phi) is 2.34. The zero-order chi connectivity index (χ0) is 10.7. The molecule has 1 heterocycles. The Balaban J connectivity index is 2.08. The maximum absolute atomic E-state index is 11.7. The summed E-state index contributed by atoms with van der Waals surface area (Å²) in [5.41, 5.74) is -0.836. The zero-order valence-electron chi connectivity index (χ0n) is 8.10. The molecule has 0 aliphatic heterocycles. The highest BCUT2D eigenvalue weighted by Crippen LogP contribution is 2.40. The predicted molar refractivity (Wildman–Crippen MR) is 52.6 cm³/mol. The number of amides is 1. The van der Waals surface area contributed by atoms with Crippen molar-refractivity contribution in [1.82, 2.24) is 9.97 Å². The molecule has 1 N–H and O–H groups in total. The van der Waals surface area contributed by atoms with Gasteiger partial charge in [-0.05, 0) is 19.3 Å². The minimum absolute atomic E-state index is 0.267. The molecule has 1 amide bonds. The molecule has 0 spiro atoms. The maximum atomic E-state index is 11.7. The summed E-state index contributed by atoms with van der Waals surface area (Å²) >= 11 is 0. The monoisotopic (exact) mass is 202 g/mol. The van der Waals surface area contributed by atoms with E-state index in [1.165, 1.54) is 18.6 Å². The normalized spacial score (nSPS) is 17.3. The first-order valence-corrected chi connectivity index (χ1v) is 4.76. The van der Waals surface area contributed by atoms with Crippen molar-refractivity contribution < 1.29 is 4.79 Å². The topological polar surface area (TPSA) is 78.7 Å². The number of nitriles is 1. The van der Waals surface area contributed by atoms with Gasteiger partial charge in [-0.25, -0.2) is 4.98 Å². The van der Waals surface area contributed by atoms with Crippen molar-refractivity contribution in [3.63, 3.8) is 0 Å². The second-order valence-corrected chi connectivity index (χ2v) is 3.59. The van der Waals surface area contributed by atoms with Crippen molar-refractivity contribution in [3.05, 3.63) is 18.6 Å². The molecule has 5 heteroatoms. The van der Waals surface area contributed by atoms with Crippen LogP contribution < -0.4 is 5.32 Å². The predicted octanol–water partition coefficient (Wildman–Crippen LogP) is 1.11. The lowest BCUT2D eigenvalue weighted by Crippen LogP contribution is -2.40. The Hall–Kier alpha value is -1.96. The number of carbonyl (C=O) groups is 1. The van der Waals surface area contributed by atoms with E-state index in [-0.39, 0.29) is 5.91 Å². The number of hydrogen-bond donors (Lipinski definition) is 1. The van der Waals surface area contributed by atoms with Gasteiger partial charge in [0, 0.05) is 12.4 Å². The highest BCUT2D eigenvalue weighted by Gasteiger charge is 2.44. The summed E-state index contributed by atoms with van der Waals surface area (Å²) < 4.78 is 0. The quantitative estimate of drug-likeness (QED) is 0.779. The molecule has 0 atom stereocenters. The van der Waals surface area contributed by atoms with Crippen molar-refractivity contribution in [2.24, 2.45) is 5.41 Å². The molecule has 1 aliphatic carbocycles. The summed E-state index contributed by atoms with van der Waals surface area (Å²) in [6, 6.07) is 2.07. The maximum Gasteiger partial charge on any atom is 0.246 e. The van der Waals surface area contributed by atoms with Crippen LogP contribution in [0.25, 0.3) is 0 Å². The van der Waals surface area contributed by atoms with Gasteiger partial charge in [0.2, 0.25) is 5.91 Å². The molecule has 1 fully saturated rings. The Morgan fingerprint density at radius 2 is 2.33 bits per heavy atom. The summed E-state index contributed by atoms with van der Waals surface area (Å²) in [6.07, 6.45) is 6.68. The fourth-order valence-electron chi connectivity index (χ4n) is 1.52. The van der Waals surface area contributed by atoms with Crippen molar-refractivity contribution in [3.8, 4) is 6.07 Å². The minimum Gasteiger partial charge on any atom is -0.308 e. The smallest absolute Gasteiger partial charge is 0.246 e. The first-order chi connectivity index (χ1) is 7.27. The van der Waals surface area contributed by atoms with Crippen LogP contribution in [0.3, 0.4) is 0 Å². The summed E-state index contributed by atoms with van der Waals surface area (Å²) in [5, 5.41) is 11.5. The van der Waals surface area contributed by atoms with E-state index in [9.17, 15) is 4.79 Å². The van der Waals surface area contributed by atoms with Crippen LogP contribution in [0.4, 0.5) is 5.82 Å². The highest BCUT2D eigenvalue weighted by atomic mass is 16.2. The van der Waals surface area contributed by atoms with E-state index in [4.69, 9.17) is 5.26 Å². The molecule has 5 nitrogen and oxygen atoms in total. The average Bonchev–Trinajstić information content (AvgIpc) is 2.18. The largest absolute Gasteiger partial charge is 0.308 e. The third-order valence-electron chi connectivity index (χ3n) is 2.66. The lowest BCUT2D eigenvalue weighted by molar-refractivity contribution is -0.126. The summed E-state index contributed by atoms with van der Waals surface area (Å²) in [7, 11) is 0. The SMILES string of the molecule is N#CC1(C(=O)Nc2cnccn2)CCC1. The number of nitrogens with one attached hydrogen (secondary N) is 1. The third-order valence-corrected chi connectivity index (χ3v) is 2.66. The van der Waals surface area contributed by atoms with Gasteiger partial charge in [-0.2, -0.15) is 5.26 Å². The molecule has 1 aromatic heterocycles. The van der Waals surface area contributed by atoms with Gasteiger partial charge in [-0.15, -0.1) is 0 Å². The van der Waals surface area contributed by atoms with Crippen molar-refractivity contribution in [2.75, 3.05) is 5.32 Å². The molecule has 0 unspecified atom stereocenters.